The highest BCUT2D eigenvalue weighted by atomic mass is 16.5. The van der Waals surface area contributed by atoms with E-state index in [0.29, 0.717) is 47.2 Å². The average molecular weight is 425 g/mol. The van der Waals surface area contributed by atoms with Gasteiger partial charge >= 0.3 is 5.97 Å². The number of carbonyl (C=O) groups is 3. The third-order valence-electron chi connectivity index (χ3n) is 5.71. The van der Waals surface area contributed by atoms with Gasteiger partial charge in [0.15, 0.2) is 0 Å². The monoisotopic (exact) mass is 424 g/mol. The average Bonchev–Trinajstić information content (AvgIpc) is 2.76. The van der Waals surface area contributed by atoms with Crippen molar-refractivity contribution >= 4 is 28.6 Å². The van der Waals surface area contributed by atoms with Crippen LogP contribution < -0.4 is 0 Å². The molecule has 0 aliphatic carbocycles. The maximum absolute atomic E-state index is 13.0. The Balaban J connectivity index is 1.77. The van der Waals surface area contributed by atoms with Crippen molar-refractivity contribution in [1.29, 1.82) is 0 Å². The van der Waals surface area contributed by atoms with Crippen molar-refractivity contribution in [3.8, 4) is 0 Å². The molecular weight excluding hydrogens is 392 g/mol. The van der Waals surface area contributed by atoms with E-state index in [1.807, 2.05) is 19.0 Å². The van der Waals surface area contributed by atoms with E-state index in [1.165, 1.54) is 24.2 Å². The molecule has 0 bridgehead atoms. The molecule has 1 heterocycles. The first-order chi connectivity index (χ1) is 15.0. The summed E-state index contributed by atoms with van der Waals surface area (Å²) in [5, 5.41) is 1.14. The van der Waals surface area contributed by atoms with E-state index in [0.717, 1.165) is 19.3 Å². The minimum absolute atomic E-state index is 0.317. The smallest absolute Gasteiger partial charge is 0.338 e. The number of amides is 2. The fraction of sp³-hybridized carbons (Fsp3) is 0.480. The number of likely N-dealkylation sites (N-methyl/N-ethyl adjacent to an activating group) is 1. The first-order valence-electron chi connectivity index (χ1n) is 11.2. The second kappa shape index (κ2) is 10.5. The molecule has 0 saturated carbocycles. The number of ether oxygens (including phenoxy) is 1. The van der Waals surface area contributed by atoms with E-state index in [2.05, 4.69) is 6.92 Å². The van der Waals surface area contributed by atoms with Crippen LogP contribution in [0.25, 0.3) is 10.8 Å². The highest BCUT2D eigenvalue weighted by molar-refractivity contribution is 6.27. The van der Waals surface area contributed by atoms with Gasteiger partial charge in [-0.1, -0.05) is 51.2 Å². The summed E-state index contributed by atoms with van der Waals surface area (Å²) in [5.74, 6) is -1.04. The van der Waals surface area contributed by atoms with E-state index in [9.17, 15) is 14.4 Å². The van der Waals surface area contributed by atoms with Gasteiger partial charge in [-0.2, -0.15) is 0 Å². The fourth-order valence-electron chi connectivity index (χ4n) is 3.95. The highest BCUT2D eigenvalue weighted by Gasteiger charge is 2.33. The highest BCUT2D eigenvalue weighted by Crippen LogP contribution is 2.32. The van der Waals surface area contributed by atoms with E-state index in [-0.39, 0.29) is 11.8 Å². The Kier molecular flexibility index (Phi) is 7.80. The normalized spacial score (nSPS) is 13.4. The van der Waals surface area contributed by atoms with Gasteiger partial charge in [-0.05, 0) is 44.1 Å². The van der Waals surface area contributed by atoms with Gasteiger partial charge in [0, 0.05) is 29.6 Å². The van der Waals surface area contributed by atoms with Gasteiger partial charge in [0.1, 0.15) is 0 Å². The Morgan fingerprint density at radius 1 is 0.935 bits per heavy atom. The van der Waals surface area contributed by atoms with Gasteiger partial charge in [0.05, 0.1) is 12.2 Å². The summed E-state index contributed by atoms with van der Waals surface area (Å²) >= 11 is 0. The van der Waals surface area contributed by atoms with Crippen LogP contribution in [-0.4, -0.2) is 61.4 Å². The lowest BCUT2D eigenvalue weighted by Crippen LogP contribution is -2.43. The molecule has 2 aromatic carbocycles. The number of hydrogen-bond donors (Lipinski definition) is 0. The Morgan fingerprint density at radius 2 is 1.61 bits per heavy atom. The summed E-state index contributed by atoms with van der Waals surface area (Å²) in [6.45, 7) is 3.47. The van der Waals surface area contributed by atoms with E-state index in [1.54, 1.807) is 30.3 Å². The van der Waals surface area contributed by atoms with Gasteiger partial charge in [0.25, 0.3) is 11.8 Å². The van der Waals surface area contributed by atoms with Crippen molar-refractivity contribution in [3.05, 3.63) is 47.0 Å². The van der Waals surface area contributed by atoms with Crippen molar-refractivity contribution in [3.63, 3.8) is 0 Å². The van der Waals surface area contributed by atoms with Crippen molar-refractivity contribution in [2.45, 2.75) is 45.4 Å². The number of rotatable bonds is 11. The van der Waals surface area contributed by atoms with Crippen molar-refractivity contribution in [1.82, 2.24) is 9.80 Å². The van der Waals surface area contributed by atoms with E-state index < -0.39 is 5.97 Å². The maximum atomic E-state index is 13.0. The van der Waals surface area contributed by atoms with Crippen LogP contribution in [0, 0.1) is 0 Å². The molecule has 3 rings (SSSR count). The fourth-order valence-corrected chi connectivity index (χ4v) is 3.95. The molecule has 2 amide bonds. The summed E-state index contributed by atoms with van der Waals surface area (Å²) < 4.78 is 5.49. The van der Waals surface area contributed by atoms with Crippen LogP contribution in [0.4, 0.5) is 0 Å². The van der Waals surface area contributed by atoms with Gasteiger partial charge in [-0.25, -0.2) is 4.79 Å². The van der Waals surface area contributed by atoms with Crippen molar-refractivity contribution < 1.29 is 19.1 Å². The van der Waals surface area contributed by atoms with Crippen LogP contribution in [-0.2, 0) is 4.74 Å². The predicted octanol–water partition coefficient (Wildman–Crippen LogP) is 4.51. The van der Waals surface area contributed by atoms with Crippen LogP contribution in [0.5, 0.6) is 0 Å². The summed E-state index contributed by atoms with van der Waals surface area (Å²) in [6, 6.07) is 8.53. The van der Waals surface area contributed by atoms with Crippen LogP contribution in [0.3, 0.4) is 0 Å². The Bertz CT molecular complexity index is 945. The standard InChI is InChI=1S/C25H32N2O4/c1-4-5-6-7-8-9-17-31-25(30)19-13-14-21-22-18(19)11-10-12-20(22)23(28)27(24(21)29)16-15-26(2)3/h10-14H,4-9,15-17H2,1-3H3. The number of nitrogens with zero attached hydrogens (tertiary/aromatic N) is 2. The number of imide groups is 1. The predicted molar refractivity (Wildman–Crippen MR) is 122 cm³/mol. The van der Waals surface area contributed by atoms with Gasteiger partial charge < -0.3 is 9.64 Å². The zero-order valence-electron chi connectivity index (χ0n) is 18.8. The molecule has 0 saturated heterocycles. The van der Waals surface area contributed by atoms with Crippen molar-refractivity contribution in [2.75, 3.05) is 33.8 Å². The number of esters is 1. The van der Waals surface area contributed by atoms with E-state index in [4.69, 9.17) is 4.74 Å². The molecule has 0 spiro atoms. The number of unbranched alkanes of at least 4 members (excludes halogenated alkanes) is 5. The first kappa shape index (κ1) is 22.9. The zero-order valence-corrected chi connectivity index (χ0v) is 18.8. The molecule has 166 valence electrons. The topological polar surface area (TPSA) is 66.9 Å². The van der Waals surface area contributed by atoms with Crippen LogP contribution in [0.1, 0.15) is 76.5 Å². The molecule has 1 aliphatic rings. The van der Waals surface area contributed by atoms with Gasteiger partial charge in [0.2, 0.25) is 0 Å². The number of carbonyl (C=O) groups excluding carboxylic acids is 3. The first-order valence-corrected chi connectivity index (χ1v) is 11.2. The molecule has 0 aromatic heterocycles. The van der Waals surface area contributed by atoms with Crippen LogP contribution >= 0.6 is 0 Å². The Labute approximate surface area is 184 Å². The molecule has 6 heteroatoms. The maximum Gasteiger partial charge on any atom is 0.338 e. The van der Waals surface area contributed by atoms with E-state index >= 15 is 0 Å². The quantitative estimate of drug-likeness (QED) is 0.302. The minimum atomic E-state index is -0.410. The molecule has 0 unspecified atom stereocenters. The Morgan fingerprint density at radius 3 is 2.32 bits per heavy atom. The van der Waals surface area contributed by atoms with Crippen LogP contribution in [0.15, 0.2) is 30.3 Å². The third-order valence-corrected chi connectivity index (χ3v) is 5.71. The molecule has 2 aromatic rings. The lowest BCUT2D eigenvalue weighted by molar-refractivity contribution is 0.0497. The molecular formula is C25H32N2O4. The second-order valence-electron chi connectivity index (χ2n) is 8.36. The van der Waals surface area contributed by atoms with Crippen LogP contribution in [0.2, 0.25) is 0 Å². The zero-order chi connectivity index (χ0) is 22.4. The third kappa shape index (κ3) is 5.13. The minimum Gasteiger partial charge on any atom is -0.462 e. The molecule has 0 atom stereocenters. The largest absolute Gasteiger partial charge is 0.462 e. The lowest BCUT2D eigenvalue weighted by atomic mass is 9.91. The summed E-state index contributed by atoms with van der Waals surface area (Å²) in [5.41, 5.74) is 1.31. The van der Waals surface area contributed by atoms with Crippen molar-refractivity contribution in [2.24, 2.45) is 0 Å². The summed E-state index contributed by atoms with van der Waals surface area (Å²) in [6.07, 6.45) is 6.70. The molecule has 1 aliphatic heterocycles. The number of hydrogen-bond acceptors (Lipinski definition) is 5. The lowest BCUT2D eigenvalue weighted by Gasteiger charge is -2.28. The molecule has 0 N–H and O–H groups in total. The Hall–Kier alpha value is -2.73. The molecule has 0 radical (unpaired) electrons. The number of benzene rings is 2. The summed E-state index contributed by atoms with van der Waals surface area (Å²) in [4.78, 5) is 41.9. The second-order valence-corrected chi connectivity index (χ2v) is 8.36. The SMILES string of the molecule is CCCCCCCCOC(=O)c1ccc2c3c(cccc13)C(=O)N(CCN(C)C)C2=O. The van der Waals surface area contributed by atoms with Gasteiger partial charge in [-0.15, -0.1) is 0 Å². The summed E-state index contributed by atoms with van der Waals surface area (Å²) in [7, 11) is 3.80. The van der Waals surface area contributed by atoms with Gasteiger partial charge in [-0.3, -0.25) is 14.5 Å². The molecule has 0 fully saturated rings. The molecule has 6 nitrogen and oxygen atoms in total. The molecule has 31 heavy (non-hydrogen) atoms.